The third-order valence-electron chi connectivity index (χ3n) is 4.92. The fourth-order valence-electron chi connectivity index (χ4n) is 3.85. The summed E-state index contributed by atoms with van der Waals surface area (Å²) in [5.41, 5.74) is 7.12. The summed E-state index contributed by atoms with van der Waals surface area (Å²) >= 11 is 1.62. The lowest BCUT2D eigenvalue weighted by atomic mass is 9.99. The summed E-state index contributed by atoms with van der Waals surface area (Å²) in [5.74, 6) is 1.81. The predicted octanol–water partition coefficient (Wildman–Crippen LogP) is 2.37. The van der Waals surface area contributed by atoms with Gasteiger partial charge in [0.2, 0.25) is 5.91 Å². The van der Waals surface area contributed by atoms with Crippen LogP contribution in [0.5, 0.6) is 0 Å². The van der Waals surface area contributed by atoms with E-state index < -0.39 is 0 Å². The number of carbonyl (C=O) groups excluding carboxylic acids is 1. The Morgan fingerprint density at radius 1 is 1.30 bits per heavy atom. The Hall–Kier alpha value is -0.650. The number of hydrogen-bond donors (Lipinski definition) is 2. The molecule has 1 aromatic rings. The maximum atomic E-state index is 12.2. The van der Waals surface area contributed by atoms with E-state index in [9.17, 15) is 4.79 Å². The Labute approximate surface area is 128 Å². The number of aromatic nitrogens is 1. The molecular formula is C14H20ClN3OS. The highest BCUT2D eigenvalue weighted by molar-refractivity contribution is 7.15. The van der Waals surface area contributed by atoms with Gasteiger partial charge in [0, 0.05) is 16.8 Å². The first-order chi connectivity index (χ1) is 9.22. The van der Waals surface area contributed by atoms with Gasteiger partial charge in [0.1, 0.15) is 0 Å². The van der Waals surface area contributed by atoms with Crippen LogP contribution in [0.3, 0.4) is 0 Å². The van der Waals surface area contributed by atoms with Crippen LogP contribution in [0.15, 0.2) is 0 Å². The van der Waals surface area contributed by atoms with Crippen LogP contribution < -0.4 is 11.1 Å². The zero-order valence-electron chi connectivity index (χ0n) is 11.3. The average Bonchev–Trinajstić information content (AvgIpc) is 2.75. The standard InChI is InChI=1S/C14H19N3OS.ClH/c15-7-4-5-10-11(6-7)19-14(16-10)17-13(18)12-8-2-1-3-9(8)12;/h7-9,12H,1-6,15H2,(H,16,17,18);1H/t7-,8?,9?,12?;/m0./s1. The number of halogens is 1. The minimum atomic E-state index is 0. The Balaban J connectivity index is 0.00000121. The summed E-state index contributed by atoms with van der Waals surface area (Å²) in [4.78, 5) is 18.0. The molecule has 3 atom stereocenters. The summed E-state index contributed by atoms with van der Waals surface area (Å²) in [5, 5.41) is 3.82. The molecule has 0 spiro atoms. The molecule has 1 heterocycles. The lowest BCUT2D eigenvalue weighted by Gasteiger charge is -2.15. The van der Waals surface area contributed by atoms with E-state index in [2.05, 4.69) is 10.3 Å². The minimum Gasteiger partial charge on any atom is -0.327 e. The molecule has 0 saturated heterocycles. The van der Waals surface area contributed by atoms with E-state index in [0.717, 1.165) is 30.1 Å². The van der Waals surface area contributed by atoms with Crippen molar-refractivity contribution in [2.75, 3.05) is 5.32 Å². The van der Waals surface area contributed by atoms with Crippen LogP contribution in [0.2, 0.25) is 0 Å². The first-order valence-electron chi connectivity index (χ1n) is 7.27. The van der Waals surface area contributed by atoms with Crippen LogP contribution in [-0.2, 0) is 17.6 Å². The molecule has 2 fully saturated rings. The monoisotopic (exact) mass is 313 g/mol. The van der Waals surface area contributed by atoms with Crippen molar-refractivity contribution < 1.29 is 4.79 Å². The third-order valence-corrected chi connectivity index (χ3v) is 5.95. The number of rotatable bonds is 2. The van der Waals surface area contributed by atoms with Crippen molar-refractivity contribution in [1.82, 2.24) is 4.98 Å². The Morgan fingerprint density at radius 2 is 2.05 bits per heavy atom. The van der Waals surface area contributed by atoms with Crippen LogP contribution >= 0.6 is 23.7 Å². The van der Waals surface area contributed by atoms with Crippen molar-refractivity contribution in [2.24, 2.45) is 23.5 Å². The number of amides is 1. The van der Waals surface area contributed by atoms with Crippen LogP contribution in [0.25, 0.3) is 0 Å². The third kappa shape index (κ3) is 2.36. The Morgan fingerprint density at radius 3 is 2.80 bits per heavy atom. The Kier molecular flexibility index (Phi) is 3.77. The van der Waals surface area contributed by atoms with Gasteiger partial charge in [-0.25, -0.2) is 4.98 Å². The fourth-order valence-corrected chi connectivity index (χ4v) is 4.96. The summed E-state index contributed by atoms with van der Waals surface area (Å²) in [7, 11) is 0. The first kappa shape index (κ1) is 14.3. The summed E-state index contributed by atoms with van der Waals surface area (Å²) in [6.07, 6.45) is 6.67. The molecular weight excluding hydrogens is 294 g/mol. The molecule has 2 saturated carbocycles. The van der Waals surface area contributed by atoms with Crippen molar-refractivity contribution in [3.8, 4) is 0 Å². The highest BCUT2D eigenvalue weighted by Crippen LogP contribution is 2.57. The molecule has 1 amide bonds. The van der Waals surface area contributed by atoms with Gasteiger partial charge in [-0.15, -0.1) is 23.7 Å². The lowest BCUT2D eigenvalue weighted by Crippen LogP contribution is -2.27. The number of anilines is 1. The number of nitrogens with one attached hydrogen (secondary N) is 1. The molecule has 20 heavy (non-hydrogen) atoms. The van der Waals surface area contributed by atoms with Crippen molar-refractivity contribution in [2.45, 2.75) is 44.6 Å². The molecule has 6 heteroatoms. The van der Waals surface area contributed by atoms with E-state index >= 15 is 0 Å². The van der Waals surface area contributed by atoms with Gasteiger partial charge < -0.3 is 11.1 Å². The number of hydrogen-bond acceptors (Lipinski definition) is 4. The predicted molar refractivity (Wildman–Crippen MR) is 82.3 cm³/mol. The molecule has 4 nitrogen and oxygen atoms in total. The molecule has 3 N–H and O–H groups in total. The zero-order valence-corrected chi connectivity index (χ0v) is 12.9. The number of nitrogens with zero attached hydrogens (tertiary/aromatic N) is 1. The van der Waals surface area contributed by atoms with Gasteiger partial charge in [0.15, 0.2) is 5.13 Å². The van der Waals surface area contributed by atoms with Gasteiger partial charge in [-0.1, -0.05) is 6.42 Å². The number of aryl methyl sites for hydroxylation is 1. The quantitative estimate of drug-likeness (QED) is 0.880. The second-order valence-corrected chi connectivity index (χ2v) is 7.25. The van der Waals surface area contributed by atoms with Gasteiger partial charge in [0.25, 0.3) is 0 Å². The SMILES string of the molecule is Cl.N[C@H]1CCc2nc(NC(=O)C3C4CCCC43)sc2C1. The number of carbonyl (C=O) groups is 1. The zero-order chi connectivity index (χ0) is 13.0. The molecule has 110 valence electrons. The van der Waals surface area contributed by atoms with Crippen molar-refractivity contribution in [3.63, 3.8) is 0 Å². The average molecular weight is 314 g/mol. The topological polar surface area (TPSA) is 68.0 Å². The second-order valence-electron chi connectivity index (χ2n) is 6.17. The molecule has 3 aliphatic rings. The van der Waals surface area contributed by atoms with Crippen LogP contribution in [0, 0.1) is 17.8 Å². The highest BCUT2D eigenvalue weighted by Gasteiger charge is 2.56. The molecule has 1 aromatic heterocycles. The summed E-state index contributed by atoms with van der Waals surface area (Å²) < 4.78 is 0. The second kappa shape index (κ2) is 5.28. The van der Waals surface area contributed by atoms with E-state index in [4.69, 9.17) is 5.73 Å². The van der Waals surface area contributed by atoms with Gasteiger partial charge in [-0.3, -0.25) is 4.79 Å². The maximum Gasteiger partial charge on any atom is 0.229 e. The Bertz CT molecular complexity index is 522. The molecule has 4 rings (SSSR count). The molecule has 0 aromatic carbocycles. The van der Waals surface area contributed by atoms with Crippen molar-refractivity contribution in [3.05, 3.63) is 10.6 Å². The molecule has 2 unspecified atom stereocenters. The fraction of sp³-hybridized carbons (Fsp3) is 0.714. The van der Waals surface area contributed by atoms with E-state index in [1.165, 1.54) is 24.1 Å². The van der Waals surface area contributed by atoms with Crippen LogP contribution in [0.1, 0.15) is 36.3 Å². The maximum absolute atomic E-state index is 12.2. The van der Waals surface area contributed by atoms with Crippen molar-refractivity contribution >= 4 is 34.8 Å². The van der Waals surface area contributed by atoms with Crippen molar-refractivity contribution in [1.29, 1.82) is 0 Å². The van der Waals surface area contributed by atoms with Gasteiger partial charge >= 0.3 is 0 Å². The first-order valence-corrected chi connectivity index (χ1v) is 8.09. The van der Waals surface area contributed by atoms with E-state index in [1.807, 2.05) is 0 Å². The molecule has 0 bridgehead atoms. The summed E-state index contributed by atoms with van der Waals surface area (Å²) in [6, 6.07) is 0.263. The molecule has 0 radical (unpaired) electrons. The molecule has 3 aliphatic carbocycles. The van der Waals surface area contributed by atoms with Crippen LogP contribution in [-0.4, -0.2) is 16.9 Å². The normalized spacial score (nSPS) is 33.9. The van der Waals surface area contributed by atoms with Gasteiger partial charge in [-0.2, -0.15) is 0 Å². The van der Waals surface area contributed by atoms with Crippen LogP contribution in [0.4, 0.5) is 5.13 Å². The minimum absolute atomic E-state index is 0. The number of fused-ring (bicyclic) bond motifs is 2. The van der Waals surface area contributed by atoms with E-state index in [-0.39, 0.29) is 30.3 Å². The number of thiazole rings is 1. The van der Waals surface area contributed by atoms with Gasteiger partial charge in [-0.05, 0) is 43.9 Å². The largest absolute Gasteiger partial charge is 0.327 e. The number of nitrogens with two attached hydrogens (primary N) is 1. The lowest BCUT2D eigenvalue weighted by molar-refractivity contribution is -0.118. The molecule has 0 aliphatic heterocycles. The van der Waals surface area contributed by atoms with Gasteiger partial charge in [0.05, 0.1) is 5.69 Å². The smallest absolute Gasteiger partial charge is 0.229 e. The van der Waals surface area contributed by atoms with E-state index in [1.54, 1.807) is 11.3 Å². The van der Waals surface area contributed by atoms with E-state index in [0.29, 0.717) is 11.8 Å². The highest BCUT2D eigenvalue weighted by atomic mass is 35.5. The summed E-state index contributed by atoms with van der Waals surface area (Å²) in [6.45, 7) is 0.